The van der Waals surface area contributed by atoms with E-state index in [1.165, 1.54) is 19.8 Å². The SMILES string of the molecule is CO[C@@H]1[C@@H](O)[C@H](O[C@H]2CC[C@@]3(C)C(=CC[C@H]4C(=O)O[C@@H]5CO[C@]6(C)OC=C(CC[C@@H]43)[C@H]56)C2)O[C@H](C)[C@H]1O[C@H]1C[C@H](O)[C@H](O[C@H]2C[C@H](OC)[C@H](O)[C@@H](C)O2)[C@@H](C)O1. The Morgan fingerprint density at radius 1 is 0.839 bits per heavy atom. The predicted molar refractivity (Wildman–Crippen MR) is 194 cm³/mol. The zero-order valence-corrected chi connectivity index (χ0v) is 33.7. The van der Waals surface area contributed by atoms with Crippen LogP contribution in [-0.2, 0) is 56.9 Å². The molecule has 15 nitrogen and oxygen atoms in total. The Kier molecular flexibility index (Phi) is 11.7. The van der Waals surface area contributed by atoms with Crippen LogP contribution in [0.5, 0.6) is 0 Å². The van der Waals surface area contributed by atoms with Crippen molar-refractivity contribution < 1.29 is 72.2 Å². The minimum absolute atomic E-state index is 0.0773. The van der Waals surface area contributed by atoms with E-state index in [1.54, 1.807) is 13.8 Å². The fraction of sp³-hybridized carbons (Fsp3) is 0.878. The summed E-state index contributed by atoms with van der Waals surface area (Å²) in [6, 6.07) is 0. The molecule has 15 heteroatoms. The van der Waals surface area contributed by atoms with Crippen molar-refractivity contribution in [1.29, 1.82) is 0 Å². The highest BCUT2D eigenvalue weighted by Crippen LogP contribution is 2.57. The molecule has 0 unspecified atom stereocenters. The van der Waals surface area contributed by atoms with Gasteiger partial charge in [0.1, 0.15) is 36.6 Å². The molecular formula is C41H62O15. The lowest BCUT2D eigenvalue weighted by atomic mass is 9.55. The molecule has 0 aromatic heterocycles. The maximum atomic E-state index is 13.7. The highest BCUT2D eigenvalue weighted by molar-refractivity contribution is 5.74. The third-order valence-electron chi connectivity index (χ3n) is 14.3. The number of esters is 1. The van der Waals surface area contributed by atoms with Gasteiger partial charge in [-0.15, -0.1) is 0 Å². The molecule has 0 aromatic carbocycles. The number of ether oxygens (including phenoxy) is 11. The first-order valence-corrected chi connectivity index (χ1v) is 20.7. The molecule has 20 atom stereocenters. The Hall–Kier alpha value is -1.73. The van der Waals surface area contributed by atoms with Gasteiger partial charge in [0.25, 0.3) is 0 Å². The van der Waals surface area contributed by atoms with E-state index in [1.807, 2.05) is 20.1 Å². The second kappa shape index (κ2) is 16.0. The van der Waals surface area contributed by atoms with Crippen LogP contribution in [0.4, 0.5) is 0 Å². The molecule has 6 fully saturated rings. The van der Waals surface area contributed by atoms with Crippen molar-refractivity contribution in [3.63, 3.8) is 0 Å². The predicted octanol–water partition coefficient (Wildman–Crippen LogP) is 3.00. The van der Waals surface area contributed by atoms with Gasteiger partial charge in [0, 0.05) is 34.0 Å². The Labute approximate surface area is 329 Å². The van der Waals surface area contributed by atoms with Gasteiger partial charge in [-0.05, 0) is 76.2 Å². The molecule has 1 saturated carbocycles. The van der Waals surface area contributed by atoms with Gasteiger partial charge in [0.05, 0.1) is 61.3 Å². The summed E-state index contributed by atoms with van der Waals surface area (Å²) in [7, 11) is 3.05. The van der Waals surface area contributed by atoms with Gasteiger partial charge in [-0.25, -0.2) is 0 Å². The number of aliphatic hydroxyl groups is 3. The topological polar surface area (TPSA) is 179 Å². The van der Waals surface area contributed by atoms with Crippen LogP contribution in [0.15, 0.2) is 23.5 Å². The van der Waals surface area contributed by atoms with Crippen LogP contribution < -0.4 is 0 Å². The molecule has 3 N–H and O–H groups in total. The van der Waals surface area contributed by atoms with Crippen molar-refractivity contribution in [2.24, 2.45) is 23.2 Å². The van der Waals surface area contributed by atoms with Crippen molar-refractivity contribution in [3.05, 3.63) is 23.5 Å². The Balaban J connectivity index is 0.869. The molecular weight excluding hydrogens is 732 g/mol. The summed E-state index contributed by atoms with van der Waals surface area (Å²) in [6.07, 6.45) is -1.12. The van der Waals surface area contributed by atoms with Gasteiger partial charge < -0.3 is 67.4 Å². The van der Waals surface area contributed by atoms with Crippen LogP contribution in [0, 0.1) is 23.2 Å². The van der Waals surface area contributed by atoms with Crippen LogP contribution in [0.2, 0.25) is 0 Å². The van der Waals surface area contributed by atoms with Gasteiger partial charge in [0.15, 0.2) is 18.9 Å². The zero-order valence-electron chi connectivity index (χ0n) is 33.7. The molecule has 0 spiro atoms. The summed E-state index contributed by atoms with van der Waals surface area (Å²) >= 11 is 0. The number of methoxy groups -OCH3 is 2. The fourth-order valence-electron chi connectivity index (χ4n) is 11.0. The van der Waals surface area contributed by atoms with Crippen LogP contribution in [-0.4, -0.2) is 140 Å². The van der Waals surface area contributed by atoms with E-state index in [2.05, 4.69) is 13.0 Å². The Bertz CT molecular complexity index is 1480. The highest BCUT2D eigenvalue weighted by Gasteiger charge is 2.58. The second-order valence-corrected chi connectivity index (χ2v) is 17.7. The molecule has 8 aliphatic rings. The number of hydrogen-bond acceptors (Lipinski definition) is 15. The fourth-order valence-corrected chi connectivity index (χ4v) is 11.0. The number of aliphatic hydroxyl groups excluding tert-OH is 3. The van der Waals surface area contributed by atoms with Gasteiger partial charge in [-0.1, -0.05) is 18.6 Å². The van der Waals surface area contributed by atoms with Crippen molar-refractivity contribution in [2.75, 3.05) is 20.8 Å². The van der Waals surface area contributed by atoms with Crippen molar-refractivity contribution >= 4 is 5.97 Å². The van der Waals surface area contributed by atoms with Crippen molar-refractivity contribution in [1.82, 2.24) is 0 Å². The smallest absolute Gasteiger partial charge is 0.309 e. The van der Waals surface area contributed by atoms with Crippen molar-refractivity contribution in [2.45, 2.75) is 184 Å². The third kappa shape index (κ3) is 7.40. The lowest BCUT2D eigenvalue weighted by Crippen LogP contribution is -2.61. The molecule has 5 saturated heterocycles. The lowest BCUT2D eigenvalue weighted by molar-refractivity contribution is -0.352. The van der Waals surface area contributed by atoms with E-state index in [9.17, 15) is 20.1 Å². The molecule has 0 radical (unpaired) electrons. The average Bonchev–Trinajstić information content (AvgIpc) is 3.68. The van der Waals surface area contributed by atoms with E-state index in [-0.39, 0.29) is 47.8 Å². The molecule has 2 aliphatic carbocycles. The second-order valence-electron chi connectivity index (χ2n) is 17.7. The first-order chi connectivity index (χ1) is 26.7. The van der Waals surface area contributed by atoms with Gasteiger partial charge in [-0.2, -0.15) is 0 Å². The van der Waals surface area contributed by atoms with E-state index in [0.29, 0.717) is 25.9 Å². The quantitative estimate of drug-likeness (QED) is 0.241. The number of allylic oxidation sites excluding steroid dienone is 1. The summed E-state index contributed by atoms with van der Waals surface area (Å²) in [5, 5.41) is 33.1. The maximum Gasteiger partial charge on any atom is 0.309 e. The first kappa shape index (κ1) is 41.0. The molecule has 6 heterocycles. The van der Waals surface area contributed by atoms with Crippen LogP contribution in [0.3, 0.4) is 0 Å². The monoisotopic (exact) mass is 794 g/mol. The molecule has 316 valence electrons. The number of carbonyl (C=O) groups excluding carboxylic acids is 1. The van der Waals surface area contributed by atoms with Crippen molar-refractivity contribution in [3.8, 4) is 0 Å². The molecule has 56 heavy (non-hydrogen) atoms. The van der Waals surface area contributed by atoms with Gasteiger partial charge in [-0.3, -0.25) is 4.79 Å². The first-order valence-electron chi connectivity index (χ1n) is 20.7. The Morgan fingerprint density at radius 3 is 2.32 bits per heavy atom. The third-order valence-corrected chi connectivity index (χ3v) is 14.3. The number of rotatable bonds is 8. The number of carbonyl (C=O) groups is 1. The van der Waals surface area contributed by atoms with Gasteiger partial charge >= 0.3 is 5.97 Å². The maximum absolute atomic E-state index is 13.7. The highest BCUT2D eigenvalue weighted by atomic mass is 16.8. The van der Waals surface area contributed by atoms with E-state index >= 15 is 0 Å². The zero-order chi connectivity index (χ0) is 39.7. The summed E-state index contributed by atoms with van der Waals surface area (Å²) in [6.45, 7) is 9.95. The minimum atomic E-state index is -1.16. The lowest BCUT2D eigenvalue weighted by Gasteiger charge is -2.51. The number of hydrogen-bond donors (Lipinski definition) is 3. The Morgan fingerprint density at radius 2 is 1.57 bits per heavy atom. The minimum Gasteiger partial charge on any atom is -0.469 e. The summed E-state index contributed by atoms with van der Waals surface area (Å²) in [5.41, 5.74) is 2.24. The molecule has 0 bridgehead atoms. The normalized spacial score (nSPS) is 51.9. The number of fused-ring (bicyclic) bond motifs is 3. The summed E-state index contributed by atoms with van der Waals surface area (Å²) in [5.74, 6) is -1.10. The molecule has 0 aromatic rings. The average molecular weight is 795 g/mol. The van der Waals surface area contributed by atoms with Crippen LogP contribution in [0.1, 0.15) is 86.0 Å². The standard InChI is InChI=1S/C41H62O15/c1-19-33(43)28(46-6)16-31(50-19)55-35-20(2)51-30(15-27(35)42)56-36-21(3)52-39(34(44)37(36)47-7)53-24-12-13-40(4)23(14-24)9-10-25-26(40)11-8-22-17-48-41(5)32(22)29(18-49-41)54-38(25)45/h9,17,19-21,24-37,39,42-44H,8,10-16,18H2,1-7H3/t19-,20-,21-,24+,25-,26+,27+,28+,29-,30+,31+,32-,33-,34-,35-,36-,37-,39+,40+,41+/m1/s1. The van der Waals surface area contributed by atoms with Crippen LogP contribution in [0.25, 0.3) is 0 Å². The van der Waals surface area contributed by atoms with E-state index in [4.69, 9.17) is 52.1 Å². The molecule has 6 aliphatic heterocycles. The van der Waals surface area contributed by atoms with E-state index < -0.39 is 85.7 Å². The van der Waals surface area contributed by atoms with Gasteiger partial charge in [0.2, 0.25) is 5.79 Å². The summed E-state index contributed by atoms with van der Waals surface area (Å²) in [4.78, 5) is 13.7. The largest absolute Gasteiger partial charge is 0.469 e. The summed E-state index contributed by atoms with van der Waals surface area (Å²) < 4.78 is 66.7. The molecule has 8 rings (SSSR count). The van der Waals surface area contributed by atoms with Crippen LogP contribution >= 0.6 is 0 Å². The van der Waals surface area contributed by atoms with E-state index in [0.717, 1.165) is 31.3 Å². The molecule has 0 amide bonds.